The maximum Gasteiger partial charge on any atom is 0.0715 e. The zero-order valence-corrected chi connectivity index (χ0v) is 4.58. The molecule has 0 saturated heterocycles. The van der Waals surface area contributed by atoms with Crippen LogP contribution >= 0.6 is 23.2 Å². The summed E-state index contributed by atoms with van der Waals surface area (Å²) in [6.07, 6.45) is 3.75. The standard InChI is InChI=1S/C4H4Cl2/c5-3-1-2-4(3)6/h1-4H/t3-,4+. The van der Waals surface area contributed by atoms with E-state index in [0.717, 1.165) is 0 Å². The molecule has 34 valence electrons. The van der Waals surface area contributed by atoms with Gasteiger partial charge in [-0.2, -0.15) is 0 Å². The first kappa shape index (κ1) is 4.48. The van der Waals surface area contributed by atoms with Crippen LogP contribution in [0.3, 0.4) is 0 Å². The van der Waals surface area contributed by atoms with Crippen LogP contribution in [0, 0.1) is 0 Å². The molecule has 1 aliphatic rings. The predicted octanol–water partition coefficient (Wildman–Crippen LogP) is 1.77. The molecule has 0 radical (unpaired) electrons. The Morgan fingerprint density at radius 2 is 1.33 bits per heavy atom. The van der Waals surface area contributed by atoms with E-state index in [4.69, 9.17) is 23.2 Å². The molecule has 0 spiro atoms. The van der Waals surface area contributed by atoms with Crippen molar-refractivity contribution >= 4 is 23.2 Å². The van der Waals surface area contributed by atoms with Gasteiger partial charge in [-0.3, -0.25) is 0 Å². The van der Waals surface area contributed by atoms with Gasteiger partial charge in [0.25, 0.3) is 0 Å². The van der Waals surface area contributed by atoms with Crippen LogP contribution in [0.5, 0.6) is 0 Å². The normalized spacial score (nSPS) is 42.3. The first-order chi connectivity index (χ1) is 2.80. The molecular formula is C4H4Cl2. The molecule has 2 heteroatoms. The molecule has 0 fully saturated rings. The van der Waals surface area contributed by atoms with Crippen molar-refractivity contribution in [3.05, 3.63) is 12.2 Å². The van der Waals surface area contributed by atoms with Gasteiger partial charge in [0.2, 0.25) is 0 Å². The molecule has 1 rings (SSSR count). The van der Waals surface area contributed by atoms with Crippen LogP contribution in [-0.2, 0) is 0 Å². The van der Waals surface area contributed by atoms with Crippen LogP contribution in [0.2, 0.25) is 0 Å². The average molecular weight is 123 g/mol. The third-order valence-electron chi connectivity index (χ3n) is 0.783. The molecule has 0 saturated carbocycles. The fraction of sp³-hybridized carbons (Fsp3) is 0.500. The molecule has 1 aliphatic carbocycles. The fourth-order valence-corrected chi connectivity index (χ4v) is 0.615. The Bertz CT molecular complexity index is 67.6. The first-order valence-corrected chi connectivity index (χ1v) is 2.64. The number of allylic oxidation sites excluding steroid dienone is 2. The number of halogens is 2. The van der Waals surface area contributed by atoms with Gasteiger partial charge in [0.1, 0.15) is 0 Å². The molecule has 0 heterocycles. The van der Waals surface area contributed by atoms with E-state index in [-0.39, 0.29) is 10.8 Å². The van der Waals surface area contributed by atoms with Gasteiger partial charge in [0.05, 0.1) is 10.8 Å². The summed E-state index contributed by atoms with van der Waals surface area (Å²) >= 11 is 11.0. The first-order valence-electron chi connectivity index (χ1n) is 1.77. The van der Waals surface area contributed by atoms with Crippen LogP contribution < -0.4 is 0 Å². The third kappa shape index (κ3) is 0.548. The van der Waals surface area contributed by atoms with Crippen LogP contribution in [0.25, 0.3) is 0 Å². The van der Waals surface area contributed by atoms with Crippen molar-refractivity contribution in [3.63, 3.8) is 0 Å². The third-order valence-corrected chi connectivity index (χ3v) is 1.75. The Kier molecular flexibility index (Phi) is 1.07. The van der Waals surface area contributed by atoms with E-state index in [1.807, 2.05) is 12.2 Å². The quantitative estimate of drug-likeness (QED) is 0.340. The van der Waals surface area contributed by atoms with Gasteiger partial charge in [0.15, 0.2) is 0 Å². The van der Waals surface area contributed by atoms with Crippen molar-refractivity contribution in [3.8, 4) is 0 Å². The van der Waals surface area contributed by atoms with Gasteiger partial charge in [-0.1, -0.05) is 12.2 Å². The lowest BCUT2D eigenvalue weighted by molar-refractivity contribution is 0.980. The Morgan fingerprint density at radius 1 is 1.00 bits per heavy atom. The van der Waals surface area contributed by atoms with Gasteiger partial charge in [-0.25, -0.2) is 0 Å². The molecule has 0 nitrogen and oxygen atoms in total. The highest BCUT2D eigenvalue weighted by Gasteiger charge is 2.17. The highest BCUT2D eigenvalue weighted by Crippen LogP contribution is 2.20. The number of rotatable bonds is 0. The summed E-state index contributed by atoms with van der Waals surface area (Å²) in [6, 6.07) is 0. The van der Waals surface area contributed by atoms with E-state index in [2.05, 4.69) is 0 Å². The summed E-state index contributed by atoms with van der Waals surface area (Å²) in [5.41, 5.74) is 0. The van der Waals surface area contributed by atoms with Gasteiger partial charge < -0.3 is 0 Å². The maximum absolute atomic E-state index is 5.48. The smallest absolute Gasteiger partial charge is 0.0715 e. The van der Waals surface area contributed by atoms with Gasteiger partial charge in [-0.15, -0.1) is 23.2 Å². The van der Waals surface area contributed by atoms with Crippen molar-refractivity contribution in [2.24, 2.45) is 0 Å². The highest BCUT2D eigenvalue weighted by molar-refractivity contribution is 6.33. The second-order valence-corrected chi connectivity index (χ2v) is 2.28. The summed E-state index contributed by atoms with van der Waals surface area (Å²) < 4.78 is 0. The Labute approximate surface area is 46.7 Å². The zero-order chi connectivity index (χ0) is 4.57. The fourth-order valence-electron chi connectivity index (χ4n) is 0.279. The number of hydrogen-bond acceptors (Lipinski definition) is 0. The van der Waals surface area contributed by atoms with Crippen molar-refractivity contribution in [1.82, 2.24) is 0 Å². The minimum Gasteiger partial charge on any atom is -0.117 e. The Balaban J connectivity index is 2.45. The van der Waals surface area contributed by atoms with Crippen LogP contribution in [0.15, 0.2) is 12.2 Å². The summed E-state index contributed by atoms with van der Waals surface area (Å²) in [5.74, 6) is 0. The minimum atomic E-state index is 0.0895. The lowest BCUT2D eigenvalue weighted by Crippen LogP contribution is -2.17. The molecule has 0 amide bonds. The van der Waals surface area contributed by atoms with Crippen LogP contribution in [0.4, 0.5) is 0 Å². The molecule has 0 aromatic rings. The van der Waals surface area contributed by atoms with E-state index in [0.29, 0.717) is 0 Å². The number of alkyl halides is 2. The SMILES string of the molecule is Cl[C@@H]1C=C[C@@H]1Cl. The second-order valence-electron chi connectivity index (χ2n) is 1.27. The van der Waals surface area contributed by atoms with Crippen molar-refractivity contribution < 1.29 is 0 Å². The molecule has 0 N–H and O–H groups in total. The van der Waals surface area contributed by atoms with E-state index >= 15 is 0 Å². The largest absolute Gasteiger partial charge is 0.117 e. The van der Waals surface area contributed by atoms with Crippen molar-refractivity contribution in [2.45, 2.75) is 10.8 Å². The Hall–Kier alpha value is 0.320. The zero-order valence-electron chi connectivity index (χ0n) is 3.07. The molecule has 0 bridgehead atoms. The van der Waals surface area contributed by atoms with Crippen molar-refractivity contribution in [2.75, 3.05) is 0 Å². The molecule has 6 heavy (non-hydrogen) atoms. The maximum atomic E-state index is 5.48. The molecule has 0 unspecified atom stereocenters. The van der Waals surface area contributed by atoms with Gasteiger partial charge >= 0.3 is 0 Å². The topological polar surface area (TPSA) is 0 Å². The molecule has 2 atom stereocenters. The molecule has 0 aliphatic heterocycles. The minimum absolute atomic E-state index is 0.0895. The summed E-state index contributed by atoms with van der Waals surface area (Å²) in [4.78, 5) is 0. The lowest BCUT2D eigenvalue weighted by Gasteiger charge is -2.15. The van der Waals surface area contributed by atoms with Crippen molar-refractivity contribution in [1.29, 1.82) is 0 Å². The van der Waals surface area contributed by atoms with Crippen LogP contribution in [0.1, 0.15) is 0 Å². The molecular weight excluding hydrogens is 119 g/mol. The lowest BCUT2D eigenvalue weighted by atomic mass is 10.1. The average Bonchev–Trinajstić information content (AvgIpc) is 1.61. The van der Waals surface area contributed by atoms with Crippen LogP contribution in [-0.4, -0.2) is 10.8 Å². The predicted molar refractivity (Wildman–Crippen MR) is 28.4 cm³/mol. The van der Waals surface area contributed by atoms with Gasteiger partial charge in [-0.05, 0) is 0 Å². The highest BCUT2D eigenvalue weighted by atomic mass is 35.5. The van der Waals surface area contributed by atoms with E-state index in [1.165, 1.54) is 0 Å². The second kappa shape index (κ2) is 1.43. The van der Waals surface area contributed by atoms with E-state index in [9.17, 15) is 0 Å². The molecule has 0 aromatic heterocycles. The monoisotopic (exact) mass is 122 g/mol. The Morgan fingerprint density at radius 3 is 1.33 bits per heavy atom. The number of hydrogen-bond donors (Lipinski definition) is 0. The van der Waals surface area contributed by atoms with E-state index < -0.39 is 0 Å². The van der Waals surface area contributed by atoms with E-state index in [1.54, 1.807) is 0 Å². The molecule has 0 aromatic carbocycles. The summed E-state index contributed by atoms with van der Waals surface area (Å²) in [6.45, 7) is 0. The summed E-state index contributed by atoms with van der Waals surface area (Å²) in [7, 11) is 0. The van der Waals surface area contributed by atoms with Gasteiger partial charge in [0, 0.05) is 0 Å². The summed E-state index contributed by atoms with van der Waals surface area (Å²) in [5, 5.41) is 0.179.